The molecule has 0 spiro atoms. The van der Waals surface area contributed by atoms with E-state index in [0.717, 1.165) is 5.56 Å². The van der Waals surface area contributed by atoms with Crippen LogP contribution >= 0.6 is 11.6 Å². The summed E-state index contributed by atoms with van der Waals surface area (Å²) in [5, 5.41) is 9.69. The molecule has 0 aliphatic heterocycles. The number of hydrogen-bond donors (Lipinski definition) is 0. The Balaban J connectivity index is 2.24. The second kappa shape index (κ2) is 7.66. The highest BCUT2D eigenvalue weighted by molar-refractivity contribution is 6.33. The van der Waals surface area contributed by atoms with Gasteiger partial charge in [-0.15, -0.1) is 0 Å². The average molecular weight is 330 g/mol. The molecular weight excluding hydrogens is 314 g/mol. The predicted molar refractivity (Wildman–Crippen MR) is 88.6 cm³/mol. The van der Waals surface area contributed by atoms with Gasteiger partial charge in [-0.3, -0.25) is 0 Å². The van der Waals surface area contributed by atoms with Crippen LogP contribution in [0.2, 0.25) is 5.02 Å². The van der Waals surface area contributed by atoms with Crippen LogP contribution < -0.4 is 0 Å². The van der Waals surface area contributed by atoms with Crippen LogP contribution in [0.15, 0.2) is 46.4 Å². The van der Waals surface area contributed by atoms with E-state index in [0.29, 0.717) is 23.0 Å². The van der Waals surface area contributed by atoms with Gasteiger partial charge in [0, 0.05) is 11.6 Å². The van der Waals surface area contributed by atoms with E-state index >= 15 is 0 Å². The molecule has 0 N–H and O–H groups in total. The lowest BCUT2D eigenvalue weighted by Gasteiger charge is -2.09. The van der Waals surface area contributed by atoms with Crippen LogP contribution in [0.4, 0.5) is 0 Å². The minimum atomic E-state index is -0.655. The summed E-state index contributed by atoms with van der Waals surface area (Å²) in [6.45, 7) is 3.67. The summed E-state index contributed by atoms with van der Waals surface area (Å²) >= 11 is 6.12. The van der Waals surface area contributed by atoms with Crippen molar-refractivity contribution < 1.29 is 13.9 Å². The van der Waals surface area contributed by atoms with Gasteiger partial charge in [0.15, 0.2) is 0 Å². The Bertz CT molecular complexity index is 771. The molecule has 2 aromatic rings. The second-order valence-electron chi connectivity index (χ2n) is 4.98. The molecule has 118 valence electrons. The van der Waals surface area contributed by atoms with E-state index in [1.807, 2.05) is 31.2 Å². The Labute approximate surface area is 139 Å². The Hall–Kier alpha value is -2.51. The van der Waals surface area contributed by atoms with Gasteiger partial charge < -0.3 is 9.15 Å². The molecule has 0 saturated heterocycles. The number of esters is 1. The average Bonchev–Trinajstić information content (AvgIpc) is 3.01. The first-order valence-corrected chi connectivity index (χ1v) is 7.60. The summed E-state index contributed by atoms with van der Waals surface area (Å²) < 4.78 is 10.8. The smallest absolute Gasteiger partial charge is 0.349 e. The molecule has 0 amide bonds. The number of furan rings is 1. The first-order chi connectivity index (χ1) is 11.0. The molecule has 1 aromatic heterocycles. The molecule has 1 aromatic carbocycles. The normalized spacial score (nSPS) is 12.5. The van der Waals surface area contributed by atoms with Gasteiger partial charge in [0.1, 0.15) is 23.2 Å². The number of nitriles is 1. The van der Waals surface area contributed by atoms with Gasteiger partial charge in [-0.2, -0.15) is 5.26 Å². The maximum atomic E-state index is 11.9. The fraction of sp³-hybridized carbons (Fsp3) is 0.222. The summed E-state index contributed by atoms with van der Waals surface area (Å²) in [6, 6.07) is 12.5. The van der Waals surface area contributed by atoms with Crippen molar-refractivity contribution in [1.82, 2.24) is 0 Å². The van der Waals surface area contributed by atoms with Gasteiger partial charge in [-0.25, -0.2) is 4.79 Å². The van der Waals surface area contributed by atoms with Gasteiger partial charge >= 0.3 is 5.97 Å². The van der Waals surface area contributed by atoms with E-state index in [1.165, 1.54) is 6.08 Å². The molecule has 0 aliphatic carbocycles. The molecule has 2 rings (SSSR count). The van der Waals surface area contributed by atoms with E-state index in [4.69, 9.17) is 26.0 Å². The molecule has 0 radical (unpaired) electrons. The number of nitrogens with zero attached hydrogens (tertiary/aromatic N) is 1. The zero-order valence-corrected chi connectivity index (χ0v) is 13.6. The number of halogens is 1. The summed E-state index contributed by atoms with van der Waals surface area (Å²) in [4.78, 5) is 11.9. The molecule has 1 heterocycles. The molecule has 0 bridgehead atoms. The molecule has 4 nitrogen and oxygen atoms in total. The lowest BCUT2D eigenvalue weighted by Crippen LogP contribution is -2.15. The molecule has 1 unspecified atom stereocenters. The van der Waals surface area contributed by atoms with Crippen LogP contribution in [0.25, 0.3) is 17.4 Å². The van der Waals surface area contributed by atoms with Crippen LogP contribution in [0.5, 0.6) is 0 Å². The number of benzene rings is 1. The molecule has 5 heteroatoms. The van der Waals surface area contributed by atoms with E-state index in [2.05, 4.69) is 0 Å². The summed E-state index contributed by atoms with van der Waals surface area (Å²) in [5.74, 6) is 0.296. The fourth-order valence-electron chi connectivity index (χ4n) is 1.84. The Morgan fingerprint density at radius 2 is 2.13 bits per heavy atom. The van der Waals surface area contributed by atoms with Crippen LogP contribution in [-0.4, -0.2) is 12.1 Å². The van der Waals surface area contributed by atoms with Gasteiger partial charge in [0.2, 0.25) is 0 Å². The van der Waals surface area contributed by atoms with E-state index < -0.39 is 5.97 Å². The molecule has 23 heavy (non-hydrogen) atoms. The van der Waals surface area contributed by atoms with Crippen LogP contribution in [0.3, 0.4) is 0 Å². The summed E-state index contributed by atoms with van der Waals surface area (Å²) in [6.07, 6.45) is 1.81. The van der Waals surface area contributed by atoms with Crippen molar-refractivity contribution in [2.24, 2.45) is 0 Å². The first kappa shape index (κ1) is 16.9. The largest absolute Gasteiger partial charge is 0.459 e. The van der Waals surface area contributed by atoms with Crippen molar-refractivity contribution in [2.75, 3.05) is 0 Å². The standard InChI is InChI=1S/C18H16ClNO3/c1-3-12(2)22-18(21)13(11-20)10-14-8-9-17(23-14)15-6-4-5-7-16(15)19/h4-10,12H,3H2,1-2H3/b13-10+. The summed E-state index contributed by atoms with van der Waals surface area (Å²) in [7, 11) is 0. The maximum absolute atomic E-state index is 11.9. The van der Waals surface area contributed by atoms with Crippen molar-refractivity contribution in [2.45, 2.75) is 26.4 Å². The van der Waals surface area contributed by atoms with Crippen molar-refractivity contribution in [3.63, 3.8) is 0 Å². The van der Waals surface area contributed by atoms with E-state index in [-0.39, 0.29) is 11.7 Å². The fourth-order valence-corrected chi connectivity index (χ4v) is 2.07. The number of hydrogen-bond acceptors (Lipinski definition) is 4. The van der Waals surface area contributed by atoms with Crippen LogP contribution in [-0.2, 0) is 9.53 Å². The van der Waals surface area contributed by atoms with Gasteiger partial charge in [-0.05, 0) is 37.6 Å². The third-order valence-electron chi connectivity index (χ3n) is 3.28. The molecule has 0 saturated carbocycles. The van der Waals surface area contributed by atoms with E-state index in [9.17, 15) is 4.79 Å². The van der Waals surface area contributed by atoms with Crippen molar-refractivity contribution in [3.05, 3.63) is 52.8 Å². The molecule has 1 atom stereocenters. The second-order valence-corrected chi connectivity index (χ2v) is 5.38. The highest BCUT2D eigenvalue weighted by Gasteiger charge is 2.15. The highest BCUT2D eigenvalue weighted by Crippen LogP contribution is 2.29. The Morgan fingerprint density at radius 1 is 1.39 bits per heavy atom. The third-order valence-corrected chi connectivity index (χ3v) is 3.61. The van der Waals surface area contributed by atoms with Crippen molar-refractivity contribution in [1.29, 1.82) is 5.26 Å². The molecule has 0 fully saturated rings. The Morgan fingerprint density at radius 3 is 2.78 bits per heavy atom. The van der Waals surface area contributed by atoms with Crippen LogP contribution in [0, 0.1) is 11.3 Å². The van der Waals surface area contributed by atoms with Gasteiger partial charge in [0.05, 0.1) is 11.1 Å². The summed E-state index contributed by atoms with van der Waals surface area (Å²) in [5.41, 5.74) is 0.639. The zero-order chi connectivity index (χ0) is 16.8. The SMILES string of the molecule is CCC(C)OC(=O)/C(C#N)=C/c1ccc(-c2ccccc2Cl)o1. The van der Waals surface area contributed by atoms with Crippen molar-refractivity contribution >= 4 is 23.6 Å². The lowest BCUT2D eigenvalue weighted by molar-refractivity contribution is -0.142. The number of carbonyl (C=O) groups is 1. The van der Waals surface area contributed by atoms with Gasteiger partial charge in [-0.1, -0.05) is 30.7 Å². The minimum absolute atomic E-state index is 0.106. The van der Waals surface area contributed by atoms with Crippen LogP contribution in [0.1, 0.15) is 26.0 Å². The maximum Gasteiger partial charge on any atom is 0.349 e. The predicted octanol–water partition coefficient (Wildman–Crippen LogP) is 4.85. The molecule has 0 aliphatic rings. The number of carbonyl (C=O) groups excluding carboxylic acids is 1. The highest BCUT2D eigenvalue weighted by atomic mass is 35.5. The number of rotatable bonds is 5. The van der Waals surface area contributed by atoms with Gasteiger partial charge in [0.25, 0.3) is 0 Å². The topological polar surface area (TPSA) is 63.2 Å². The Kier molecular flexibility index (Phi) is 5.61. The van der Waals surface area contributed by atoms with E-state index in [1.54, 1.807) is 25.1 Å². The number of ether oxygens (including phenoxy) is 1. The molecular formula is C18H16ClNO3. The monoisotopic (exact) mass is 329 g/mol. The quantitative estimate of drug-likeness (QED) is 0.447. The third kappa shape index (κ3) is 4.24. The lowest BCUT2D eigenvalue weighted by atomic mass is 10.2. The first-order valence-electron chi connectivity index (χ1n) is 7.22. The zero-order valence-electron chi connectivity index (χ0n) is 12.9. The minimum Gasteiger partial charge on any atom is -0.459 e. The van der Waals surface area contributed by atoms with Crippen molar-refractivity contribution in [3.8, 4) is 17.4 Å².